The summed E-state index contributed by atoms with van der Waals surface area (Å²) in [6.45, 7) is 5.96. The Labute approximate surface area is 89.0 Å². The Morgan fingerprint density at radius 3 is 2.13 bits per heavy atom. The highest BCUT2D eigenvalue weighted by molar-refractivity contribution is 5.97. The summed E-state index contributed by atoms with van der Waals surface area (Å²) in [5.74, 6) is -0.257. The Hall–Kier alpha value is -1.26. The zero-order valence-electron chi connectivity index (χ0n) is 9.57. The van der Waals surface area contributed by atoms with Crippen molar-refractivity contribution in [1.29, 1.82) is 0 Å². The molecule has 0 atom stereocenters. The molecular weight excluding hydrogens is 198 g/mol. The zero-order chi connectivity index (χ0) is 12.3. The van der Waals surface area contributed by atoms with Crippen molar-refractivity contribution < 1.29 is 14.5 Å². The molecule has 0 N–H and O–H groups in total. The first-order valence-electron chi connectivity index (χ1n) is 4.77. The van der Waals surface area contributed by atoms with E-state index in [9.17, 15) is 19.7 Å². The van der Waals surface area contributed by atoms with Gasteiger partial charge in [0.2, 0.25) is 5.54 Å². The van der Waals surface area contributed by atoms with E-state index in [4.69, 9.17) is 0 Å². The highest BCUT2D eigenvalue weighted by atomic mass is 16.6. The number of carbonyl (C=O) groups excluding carboxylic acids is 2. The average molecular weight is 215 g/mol. The lowest BCUT2D eigenvalue weighted by molar-refractivity contribution is -0.561. The summed E-state index contributed by atoms with van der Waals surface area (Å²) in [5.41, 5.74) is -2.15. The van der Waals surface area contributed by atoms with Crippen LogP contribution in [-0.2, 0) is 9.59 Å². The molecule has 0 spiro atoms. The third-order valence-corrected chi connectivity index (χ3v) is 2.47. The standard InChI is InChI=1S/C10H17NO4/c1-9(2,7-12)8(13)5-6-10(3,4)11(14)15/h7H,5-6H2,1-4H3. The Balaban J connectivity index is 4.36. The maximum Gasteiger partial charge on any atom is 0.217 e. The molecule has 0 aliphatic rings. The van der Waals surface area contributed by atoms with Gasteiger partial charge in [0.15, 0.2) is 0 Å². The fourth-order valence-electron chi connectivity index (χ4n) is 0.899. The summed E-state index contributed by atoms with van der Waals surface area (Å²) in [4.78, 5) is 32.3. The monoisotopic (exact) mass is 215 g/mol. The molecule has 0 rings (SSSR count). The zero-order valence-corrected chi connectivity index (χ0v) is 9.57. The Morgan fingerprint density at radius 2 is 1.80 bits per heavy atom. The van der Waals surface area contributed by atoms with Gasteiger partial charge in [-0.3, -0.25) is 14.9 Å². The van der Waals surface area contributed by atoms with Crippen molar-refractivity contribution in [3.05, 3.63) is 10.1 Å². The number of Topliss-reactive ketones (excluding diaryl/α,β-unsaturated/α-hetero) is 1. The number of carbonyl (C=O) groups is 2. The van der Waals surface area contributed by atoms with E-state index in [1.807, 2.05) is 0 Å². The number of hydrogen-bond donors (Lipinski definition) is 0. The number of ketones is 1. The topological polar surface area (TPSA) is 77.3 Å². The van der Waals surface area contributed by atoms with E-state index in [1.165, 1.54) is 27.7 Å². The van der Waals surface area contributed by atoms with Gasteiger partial charge in [0, 0.05) is 31.6 Å². The number of nitrogens with zero attached hydrogens (tertiary/aromatic N) is 1. The summed E-state index contributed by atoms with van der Waals surface area (Å²) in [6.07, 6.45) is 0.782. The van der Waals surface area contributed by atoms with Crippen LogP contribution >= 0.6 is 0 Å². The van der Waals surface area contributed by atoms with E-state index < -0.39 is 15.9 Å². The van der Waals surface area contributed by atoms with Gasteiger partial charge >= 0.3 is 0 Å². The second kappa shape index (κ2) is 4.51. The number of nitro groups is 1. The molecule has 0 aromatic heterocycles. The highest BCUT2D eigenvalue weighted by Crippen LogP contribution is 2.21. The SMILES string of the molecule is CC(C)(C=O)C(=O)CCC(C)(C)[N+](=O)[O-]. The van der Waals surface area contributed by atoms with E-state index in [0.29, 0.717) is 6.29 Å². The summed E-state index contributed by atoms with van der Waals surface area (Å²) in [7, 11) is 0. The maximum atomic E-state index is 11.5. The molecule has 0 saturated heterocycles. The minimum atomic E-state index is -1.12. The van der Waals surface area contributed by atoms with Crippen LogP contribution < -0.4 is 0 Å². The first kappa shape index (κ1) is 13.7. The molecule has 0 fully saturated rings. The number of rotatable bonds is 6. The fourth-order valence-corrected chi connectivity index (χ4v) is 0.899. The lowest BCUT2D eigenvalue weighted by atomic mass is 9.85. The van der Waals surface area contributed by atoms with E-state index in [1.54, 1.807) is 0 Å². The smallest absolute Gasteiger partial charge is 0.217 e. The van der Waals surface area contributed by atoms with Crippen molar-refractivity contribution in [1.82, 2.24) is 0 Å². The molecule has 0 bridgehead atoms. The summed E-state index contributed by atoms with van der Waals surface area (Å²) in [6, 6.07) is 0. The van der Waals surface area contributed by atoms with E-state index in [2.05, 4.69) is 0 Å². The third-order valence-electron chi connectivity index (χ3n) is 2.47. The first-order valence-corrected chi connectivity index (χ1v) is 4.77. The summed E-state index contributed by atoms with van der Waals surface area (Å²) < 4.78 is 0. The molecule has 5 heteroatoms. The van der Waals surface area contributed by atoms with Crippen LogP contribution in [0.5, 0.6) is 0 Å². The fraction of sp³-hybridized carbons (Fsp3) is 0.800. The Kier molecular flexibility index (Phi) is 4.13. The van der Waals surface area contributed by atoms with Gasteiger partial charge in [-0.15, -0.1) is 0 Å². The minimum absolute atomic E-state index is 0.0553. The molecule has 0 heterocycles. The quantitative estimate of drug-likeness (QED) is 0.292. The summed E-state index contributed by atoms with van der Waals surface area (Å²) in [5, 5.41) is 10.6. The lowest BCUT2D eigenvalue weighted by Gasteiger charge is -2.18. The van der Waals surface area contributed by atoms with Crippen LogP contribution in [0.4, 0.5) is 0 Å². The predicted octanol–water partition coefficient (Wildman–Crippen LogP) is 1.62. The van der Waals surface area contributed by atoms with Crippen LogP contribution in [-0.4, -0.2) is 22.5 Å². The number of hydrogen-bond acceptors (Lipinski definition) is 4. The second-order valence-corrected chi connectivity index (χ2v) is 4.83. The number of aldehydes is 1. The first-order chi connectivity index (χ1) is 6.63. The summed E-state index contributed by atoms with van der Waals surface area (Å²) >= 11 is 0. The van der Waals surface area contributed by atoms with Crippen molar-refractivity contribution in [3.8, 4) is 0 Å². The second-order valence-electron chi connectivity index (χ2n) is 4.83. The Morgan fingerprint density at radius 1 is 1.33 bits per heavy atom. The van der Waals surface area contributed by atoms with Crippen molar-refractivity contribution >= 4 is 12.1 Å². The van der Waals surface area contributed by atoms with Crippen molar-refractivity contribution in [3.63, 3.8) is 0 Å². The van der Waals surface area contributed by atoms with Gasteiger partial charge in [0.25, 0.3) is 0 Å². The molecule has 86 valence electrons. The molecule has 0 amide bonds. The normalized spacial score (nSPS) is 12.3. The van der Waals surface area contributed by atoms with Crippen LogP contribution in [0.15, 0.2) is 0 Å². The molecular formula is C10H17NO4. The van der Waals surface area contributed by atoms with Crippen molar-refractivity contribution in [2.75, 3.05) is 0 Å². The van der Waals surface area contributed by atoms with E-state index in [-0.39, 0.29) is 18.6 Å². The molecule has 0 saturated carbocycles. The van der Waals surface area contributed by atoms with Gasteiger partial charge in [-0.2, -0.15) is 0 Å². The van der Waals surface area contributed by atoms with Gasteiger partial charge in [0.1, 0.15) is 12.1 Å². The molecule has 0 aliphatic carbocycles. The van der Waals surface area contributed by atoms with Crippen molar-refractivity contribution in [2.24, 2.45) is 5.41 Å². The van der Waals surface area contributed by atoms with Gasteiger partial charge in [-0.1, -0.05) is 0 Å². The molecule has 0 aliphatic heterocycles. The Bertz CT molecular complexity index is 281. The molecule has 5 nitrogen and oxygen atoms in total. The van der Waals surface area contributed by atoms with Crippen molar-refractivity contribution in [2.45, 2.75) is 46.1 Å². The van der Waals surface area contributed by atoms with Gasteiger partial charge in [-0.05, 0) is 13.8 Å². The molecule has 0 unspecified atom stereocenters. The predicted molar refractivity (Wildman–Crippen MR) is 55.2 cm³/mol. The highest BCUT2D eigenvalue weighted by Gasteiger charge is 2.34. The van der Waals surface area contributed by atoms with Crippen LogP contribution in [0.2, 0.25) is 0 Å². The van der Waals surface area contributed by atoms with Crippen LogP contribution in [0.3, 0.4) is 0 Å². The molecule has 15 heavy (non-hydrogen) atoms. The molecule has 0 radical (unpaired) electrons. The minimum Gasteiger partial charge on any atom is -0.302 e. The van der Waals surface area contributed by atoms with E-state index in [0.717, 1.165) is 0 Å². The third kappa shape index (κ3) is 3.77. The van der Waals surface area contributed by atoms with E-state index >= 15 is 0 Å². The van der Waals surface area contributed by atoms with Gasteiger partial charge in [-0.25, -0.2) is 0 Å². The van der Waals surface area contributed by atoms with Gasteiger partial charge in [0.05, 0.1) is 5.41 Å². The average Bonchev–Trinajstić information content (AvgIpc) is 2.13. The van der Waals surface area contributed by atoms with Gasteiger partial charge < -0.3 is 4.79 Å². The van der Waals surface area contributed by atoms with Crippen LogP contribution in [0.25, 0.3) is 0 Å². The molecule has 0 aromatic rings. The maximum absolute atomic E-state index is 11.5. The largest absolute Gasteiger partial charge is 0.302 e. The lowest BCUT2D eigenvalue weighted by Crippen LogP contribution is -2.34. The van der Waals surface area contributed by atoms with Crippen LogP contribution in [0.1, 0.15) is 40.5 Å². The molecule has 0 aromatic carbocycles. The van der Waals surface area contributed by atoms with Crippen LogP contribution in [0, 0.1) is 15.5 Å².